The molecule has 78 valence electrons. The van der Waals surface area contributed by atoms with Crippen molar-refractivity contribution >= 4 is 22.5 Å². The Morgan fingerprint density at radius 2 is 2.33 bits per heavy atom. The Bertz CT molecular complexity index is 407. The van der Waals surface area contributed by atoms with Gasteiger partial charge in [-0.1, -0.05) is 18.2 Å². The monoisotopic (exact) mass is 217 g/mol. The average Bonchev–Trinajstić information content (AvgIpc) is 2.29. The molecule has 0 unspecified atom stereocenters. The normalized spacial score (nSPS) is 14.3. The molecule has 2 rings (SSSR count). The third-order valence-electron chi connectivity index (χ3n) is 2.68. The van der Waals surface area contributed by atoms with Crippen molar-refractivity contribution < 1.29 is 0 Å². The molecule has 0 fully saturated rings. The zero-order chi connectivity index (χ0) is 10.7. The number of fused-ring (bicyclic) bond motifs is 1. The summed E-state index contributed by atoms with van der Waals surface area (Å²) in [5.74, 6) is 0. The van der Waals surface area contributed by atoms with Crippen molar-refractivity contribution in [2.75, 3.05) is 6.26 Å². The first-order valence-corrected chi connectivity index (χ1v) is 6.41. The summed E-state index contributed by atoms with van der Waals surface area (Å²) in [6.45, 7) is 3.80. The number of thioether (sulfide) groups is 1. The maximum absolute atomic E-state index is 4.65. The fourth-order valence-corrected chi connectivity index (χ4v) is 2.43. The lowest BCUT2D eigenvalue weighted by Gasteiger charge is -2.17. The summed E-state index contributed by atoms with van der Waals surface area (Å²) in [4.78, 5) is 4.65. The topological polar surface area (TPSA) is 12.4 Å². The van der Waals surface area contributed by atoms with Crippen LogP contribution in [0.25, 0.3) is 0 Å². The molecule has 0 saturated carbocycles. The van der Waals surface area contributed by atoms with Gasteiger partial charge in [0.1, 0.15) is 0 Å². The van der Waals surface area contributed by atoms with Crippen LogP contribution in [0.3, 0.4) is 0 Å². The van der Waals surface area contributed by atoms with E-state index in [0.717, 1.165) is 24.9 Å². The molecular weight excluding hydrogens is 202 g/mol. The highest BCUT2D eigenvalue weighted by molar-refractivity contribution is 8.13. The molecule has 0 aliphatic carbocycles. The van der Waals surface area contributed by atoms with E-state index in [2.05, 4.69) is 36.0 Å². The summed E-state index contributed by atoms with van der Waals surface area (Å²) in [5, 5.41) is 1.25. The van der Waals surface area contributed by atoms with Gasteiger partial charge in [-0.15, -0.1) is 18.3 Å². The molecule has 0 saturated heterocycles. The van der Waals surface area contributed by atoms with Crippen LogP contribution in [0.4, 0.5) is 5.69 Å². The minimum absolute atomic E-state index is 0.952. The number of nitrogens with zero attached hydrogens (tertiary/aromatic N) is 1. The molecule has 1 aliphatic heterocycles. The molecule has 1 nitrogen and oxygen atoms in total. The maximum atomic E-state index is 4.65. The van der Waals surface area contributed by atoms with Gasteiger partial charge in [0, 0.05) is 0 Å². The second kappa shape index (κ2) is 4.67. The second-order valence-electron chi connectivity index (χ2n) is 3.62. The van der Waals surface area contributed by atoms with Crippen LogP contribution in [0.5, 0.6) is 0 Å². The van der Waals surface area contributed by atoms with E-state index in [4.69, 9.17) is 0 Å². The lowest BCUT2D eigenvalue weighted by atomic mass is 9.97. The zero-order valence-electron chi connectivity index (χ0n) is 8.99. The van der Waals surface area contributed by atoms with Gasteiger partial charge in [0.15, 0.2) is 0 Å². The minimum Gasteiger partial charge on any atom is -0.246 e. The van der Waals surface area contributed by atoms with Crippen LogP contribution >= 0.6 is 11.8 Å². The third-order valence-corrected chi connectivity index (χ3v) is 3.45. The highest BCUT2D eigenvalue weighted by Gasteiger charge is 2.13. The third kappa shape index (κ3) is 2.15. The first kappa shape index (κ1) is 10.5. The maximum Gasteiger partial charge on any atom is 0.0739 e. The number of aliphatic imine (C=N–C) groups is 1. The Hall–Kier alpha value is -1.02. The highest BCUT2D eigenvalue weighted by atomic mass is 32.2. The lowest BCUT2D eigenvalue weighted by Crippen LogP contribution is -2.04. The van der Waals surface area contributed by atoms with E-state index in [0.29, 0.717) is 0 Å². The highest BCUT2D eigenvalue weighted by Crippen LogP contribution is 2.31. The molecule has 0 bridgehead atoms. The predicted molar refractivity (Wildman–Crippen MR) is 69.3 cm³/mol. The Morgan fingerprint density at radius 3 is 3.07 bits per heavy atom. The fourth-order valence-electron chi connectivity index (χ4n) is 1.93. The van der Waals surface area contributed by atoms with Crippen LogP contribution in [0.2, 0.25) is 0 Å². The standard InChI is InChI=1S/C13H15NS/c1-3-5-10-6-4-7-12-11(10)8-9-13(14-12)15-2/h3-4,6-7H,1,5,8-9H2,2H3. The summed E-state index contributed by atoms with van der Waals surface area (Å²) in [7, 11) is 0. The van der Waals surface area contributed by atoms with Gasteiger partial charge >= 0.3 is 0 Å². The summed E-state index contributed by atoms with van der Waals surface area (Å²) >= 11 is 1.76. The van der Waals surface area contributed by atoms with Crippen LogP contribution in [0.1, 0.15) is 17.5 Å². The molecule has 1 aromatic rings. The molecule has 0 radical (unpaired) electrons. The zero-order valence-corrected chi connectivity index (χ0v) is 9.81. The van der Waals surface area contributed by atoms with Gasteiger partial charge in [-0.3, -0.25) is 0 Å². The molecule has 0 N–H and O–H groups in total. The largest absolute Gasteiger partial charge is 0.246 e. The summed E-state index contributed by atoms with van der Waals surface area (Å²) in [5.41, 5.74) is 3.95. The first-order chi connectivity index (χ1) is 7.35. The smallest absolute Gasteiger partial charge is 0.0739 e. The molecule has 0 spiro atoms. The molecule has 1 heterocycles. The van der Waals surface area contributed by atoms with Gasteiger partial charge in [-0.25, -0.2) is 4.99 Å². The van der Waals surface area contributed by atoms with E-state index in [1.807, 2.05) is 6.08 Å². The van der Waals surface area contributed by atoms with Crippen molar-refractivity contribution in [3.8, 4) is 0 Å². The van der Waals surface area contributed by atoms with E-state index in [1.54, 1.807) is 11.8 Å². The van der Waals surface area contributed by atoms with E-state index < -0.39 is 0 Å². The van der Waals surface area contributed by atoms with Crippen molar-refractivity contribution in [3.05, 3.63) is 42.0 Å². The molecule has 0 atom stereocenters. The van der Waals surface area contributed by atoms with Gasteiger partial charge in [-0.2, -0.15) is 0 Å². The van der Waals surface area contributed by atoms with E-state index in [1.165, 1.54) is 16.2 Å². The Balaban J connectivity index is 2.41. The van der Waals surface area contributed by atoms with Crippen molar-refractivity contribution in [1.82, 2.24) is 0 Å². The van der Waals surface area contributed by atoms with Gasteiger partial charge in [0.05, 0.1) is 10.7 Å². The lowest BCUT2D eigenvalue weighted by molar-refractivity contribution is 0.991. The van der Waals surface area contributed by atoms with Crippen LogP contribution in [0, 0.1) is 0 Å². The number of rotatable bonds is 2. The van der Waals surface area contributed by atoms with Crippen molar-refractivity contribution in [3.63, 3.8) is 0 Å². The van der Waals surface area contributed by atoms with Gasteiger partial charge in [-0.05, 0) is 42.7 Å². The van der Waals surface area contributed by atoms with Gasteiger partial charge in [0.2, 0.25) is 0 Å². The first-order valence-electron chi connectivity index (χ1n) is 5.18. The second-order valence-corrected chi connectivity index (χ2v) is 4.50. The predicted octanol–water partition coefficient (Wildman–Crippen LogP) is 3.75. The number of hydrogen-bond acceptors (Lipinski definition) is 2. The van der Waals surface area contributed by atoms with Crippen LogP contribution < -0.4 is 0 Å². The van der Waals surface area contributed by atoms with Crippen LogP contribution in [-0.4, -0.2) is 11.3 Å². The van der Waals surface area contributed by atoms with Crippen LogP contribution in [-0.2, 0) is 12.8 Å². The quantitative estimate of drug-likeness (QED) is 0.687. The van der Waals surface area contributed by atoms with Crippen molar-refractivity contribution in [2.45, 2.75) is 19.3 Å². The molecule has 0 aromatic heterocycles. The van der Waals surface area contributed by atoms with Gasteiger partial charge < -0.3 is 0 Å². The van der Waals surface area contributed by atoms with Gasteiger partial charge in [0.25, 0.3) is 0 Å². The molecule has 1 aromatic carbocycles. The number of benzene rings is 1. The number of allylic oxidation sites excluding steroid dienone is 1. The van der Waals surface area contributed by atoms with Crippen molar-refractivity contribution in [2.24, 2.45) is 4.99 Å². The summed E-state index contributed by atoms with van der Waals surface area (Å²) < 4.78 is 0. The fraction of sp³-hybridized carbons (Fsp3) is 0.308. The van der Waals surface area contributed by atoms with E-state index >= 15 is 0 Å². The van der Waals surface area contributed by atoms with E-state index in [-0.39, 0.29) is 0 Å². The van der Waals surface area contributed by atoms with Crippen LogP contribution in [0.15, 0.2) is 35.8 Å². The van der Waals surface area contributed by atoms with E-state index in [9.17, 15) is 0 Å². The number of hydrogen-bond donors (Lipinski definition) is 0. The molecular formula is C13H15NS. The Morgan fingerprint density at radius 1 is 1.47 bits per heavy atom. The molecule has 0 amide bonds. The SMILES string of the molecule is C=CCc1cccc2c1CCC(SC)=N2. The summed E-state index contributed by atoms with van der Waals surface area (Å²) in [6, 6.07) is 6.38. The minimum atomic E-state index is 0.952. The molecule has 2 heteroatoms. The molecule has 1 aliphatic rings. The van der Waals surface area contributed by atoms with Crippen molar-refractivity contribution in [1.29, 1.82) is 0 Å². The summed E-state index contributed by atoms with van der Waals surface area (Å²) in [6.07, 6.45) is 7.22. The Kier molecular flexibility index (Phi) is 3.27. The Labute approximate surface area is 95.3 Å². The molecule has 15 heavy (non-hydrogen) atoms. The average molecular weight is 217 g/mol.